The largest absolute Gasteiger partial charge is 0.349 e. The summed E-state index contributed by atoms with van der Waals surface area (Å²) in [5, 5.41) is 16.6. The summed E-state index contributed by atoms with van der Waals surface area (Å²) in [6.45, 7) is 3.06. The van der Waals surface area contributed by atoms with Gasteiger partial charge in [0.2, 0.25) is 5.91 Å². The Hall–Kier alpha value is -4.51. The molecule has 35 heavy (non-hydrogen) atoms. The second kappa shape index (κ2) is 11.1. The van der Waals surface area contributed by atoms with Crippen LogP contribution >= 0.6 is 0 Å². The van der Waals surface area contributed by atoms with Crippen LogP contribution in [0, 0.1) is 10.1 Å². The topological polar surface area (TPSA) is 139 Å². The third-order valence-electron chi connectivity index (χ3n) is 4.81. The highest BCUT2D eigenvalue weighted by molar-refractivity contribution is 7.93. The molecule has 3 rings (SSSR count). The zero-order chi connectivity index (χ0) is 25.4. The highest BCUT2D eigenvalue weighted by Gasteiger charge is 2.33. The SMILES string of the molecule is C=CCNC(=O)c1ccccc1NC(=O)CN(c1ccccc1)S(=O)(=O)c1ccccc1[N+](=O)[O-]. The molecule has 0 aromatic heterocycles. The molecule has 0 fully saturated rings. The fraction of sp³-hybridized carbons (Fsp3) is 0.0833. The van der Waals surface area contributed by atoms with E-state index in [4.69, 9.17) is 0 Å². The number of nitro groups is 1. The van der Waals surface area contributed by atoms with Gasteiger partial charge in [0, 0.05) is 12.6 Å². The van der Waals surface area contributed by atoms with E-state index in [1.54, 1.807) is 30.3 Å². The number of hydrogen-bond donors (Lipinski definition) is 2. The zero-order valence-electron chi connectivity index (χ0n) is 18.5. The standard InChI is InChI=1S/C24H22N4O6S/c1-2-16-25-24(30)19-12-6-7-13-20(19)26-23(29)17-27(18-10-4-3-5-11-18)35(33,34)22-15-9-8-14-21(22)28(31)32/h2-15H,1,16-17H2,(H,25,30)(H,26,29). The van der Waals surface area contributed by atoms with Gasteiger partial charge in [0.15, 0.2) is 4.90 Å². The highest BCUT2D eigenvalue weighted by atomic mass is 32.2. The molecule has 0 aliphatic heterocycles. The van der Waals surface area contributed by atoms with Crippen molar-refractivity contribution >= 4 is 38.9 Å². The van der Waals surface area contributed by atoms with Crippen LogP contribution in [0.4, 0.5) is 17.1 Å². The Labute approximate surface area is 202 Å². The summed E-state index contributed by atoms with van der Waals surface area (Å²) in [5.41, 5.74) is -0.124. The van der Waals surface area contributed by atoms with Crippen molar-refractivity contribution in [1.29, 1.82) is 0 Å². The van der Waals surface area contributed by atoms with Crippen molar-refractivity contribution in [2.24, 2.45) is 0 Å². The lowest BCUT2D eigenvalue weighted by atomic mass is 10.1. The van der Waals surface area contributed by atoms with Crippen LogP contribution in [0.3, 0.4) is 0 Å². The molecule has 0 heterocycles. The van der Waals surface area contributed by atoms with Gasteiger partial charge in [-0.1, -0.05) is 48.5 Å². The average molecular weight is 495 g/mol. The molecule has 0 bridgehead atoms. The fourth-order valence-electron chi connectivity index (χ4n) is 3.22. The molecule has 0 radical (unpaired) electrons. The normalized spacial score (nSPS) is 10.7. The Kier molecular flexibility index (Phi) is 7.95. The van der Waals surface area contributed by atoms with Gasteiger partial charge < -0.3 is 10.6 Å². The molecule has 11 heteroatoms. The Bertz CT molecular complexity index is 1360. The molecule has 0 spiro atoms. The maximum Gasteiger partial charge on any atom is 0.289 e. The van der Waals surface area contributed by atoms with E-state index in [0.29, 0.717) is 0 Å². The van der Waals surface area contributed by atoms with Crippen LogP contribution in [0.15, 0.2) is 96.4 Å². The summed E-state index contributed by atoms with van der Waals surface area (Å²) >= 11 is 0. The number of carbonyl (C=O) groups is 2. The first-order valence-electron chi connectivity index (χ1n) is 10.3. The quantitative estimate of drug-likeness (QED) is 0.252. The predicted molar refractivity (Wildman–Crippen MR) is 132 cm³/mol. The van der Waals surface area contributed by atoms with Crippen molar-refractivity contribution in [2.45, 2.75) is 4.90 Å². The first-order valence-corrected chi connectivity index (χ1v) is 11.8. The maximum absolute atomic E-state index is 13.5. The molecule has 0 saturated carbocycles. The predicted octanol–water partition coefficient (Wildman–Crippen LogP) is 3.34. The van der Waals surface area contributed by atoms with Gasteiger partial charge in [0.05, 0.1) is 21.9 Å². The molecule has 10 nitrogen and oxygen atoms in total. The van der Waals surface area contributed by atoms with Gasteiger partial charge in [0.1, 0.15) is 6.54 Å². The minimum absolute atomic E-state index is 0.137. The Balaban J connectivity index is 1.96. The van der Waals surface area contributed by atoms with Crippen molar-refractivity contribution in [2.75, 3.05) is 22.7 Å². The Morgan fingerprint density at radius 3 is 2.29 bits per heavy atom. The van der Waals surface area contributed by atoms with E-state index < -0.39 is 43.9 Å². The van der Waals surface area contributed by atoms with Crippen molar-refractivity contribution in [3.63, 3.8) is 0 Å². The number of rotatable bonds is 10. The minimum atomic E-state index is -4.52. The molecule has 2 N–H and O–H groups in total. The number of nitrogens with one attached hydrogen (secondary N) is 2. The molecule has 0 saturated heterocycles. The second-order valence-corrected chi connectivity index (χ2v) is 9.00. The number of carbonyl (C=O) groups excluding carboxylic acids is 2. The fourth-order valence-corrected chi connectivity index (χ4v) is 4.81. The van der Waals surface area contributed by atoms with Crippen molar-refractivity contribution in [3.8, 4) is 0 Å². The molecular weight excluding hydrogens is 472 g/mol. The van der Waals surface area contributed by atoms with Gasteiger partial charge in [0.25, 0.3) is 21.6 Å². The molecule has 0 aliphatic carbocycles. The van der Waals surface area contributed by atoms with E-state index in [1.165, 1.54) is 42.5 Å². The van der Waals surface area contributed by atoms with Gasteiger partial charge in [-0.05, 0) is 30.3 Å². The van der Waals surface area contributed by atoms with Crippen molar-refractivity contribution < 1.29 is 22.9 Å². The van der Waals surface area contributed by atoms with Gasteiger partial charge in [-0.15, -0.1) is 6.58 Å². The van der Waals surface area contributed by atoms with E-state index in [2.05, 4.69) is 17.2 Å². The van der Waals surface area contributed by atoms with Crippen LogP contribution in [0.1, 0.15) is 10.4 Å². The van der Waals surface area contributed by atoms with Gasteiger partial charge in [-0.3, -0.25) is 24.0 Å². The van der Waals surface area contributed by atoms with E-state index in [1.807, 2.05) is 0 Å². The second-order valence-electron chi connectivity index (χ2n) is 7.16. The molecule has 0 atom stereocenters. The summed E-state index contributed by atoms with van der Waals surface area (Å²) in [5.74, 6) is -1.20. The third kappa shape index (κ3) is 5.89. The number of anilines is 2. The number of nitrogens with zero attached hydrogens (tertiary/aromatic N) is 2. The van der Waals surface area contributed by atoms with Crippen LogP contribution in [-0.4, -0.2) is 38.2 Å². The highest BCUT2D eigenvalue weighted by Crippen LogP contribution is 2.29. The molecule has 3 aromatic rings. The van der Waals surface area contributed by atoms with Crippen LogP contribution in [0.25, 0.3) is 0 Å². The lowest BCUT2D eigenvalue weighted by molar-refractivity contribution is -0.387. The number of benzene rings is 3. The third-order valence-corrected chi connectivity index (χ3v) is 6.64. The first kappa shape index (κ1) is 25.1. The van der Waals surface area contributed by atoms with Crippen LogP contribution in [0.5, 0.6) is 0 Å². The molecule has 0 aliphatic rings. The number of amides is 2. The Morgan fingerprint density at radius 2 is 1.60 bits per heavy atom. The molecule has 0 unspecified atom stereocenters. The summed E-state index contributed by atoms with van der Waals surface area (Å²) in [7, 11) is -4.52. The number of nitro benzene ring substituents is 1. The van der Waals surface area contributed by atoms with E-state index in [-0.39, 0.29) is 23.5 Å². The zero-order valence-corrected chi connectivity index (χ0v) is 19.3. The number of para-hydroxylation sites is 3. The molecule has 2 amide bonds. The monoisotopic (exact) mass is 494 g/mol. The average Bonchev–Trinajstić information content (AvgIpc) is 2.86. The smallest absolute Gasteiger partial charge is 0.289 e. The van der Waals surface area contributed by atoms with E-state index >= 15 is 0 Å². The molecular formula is C24H22N4O6S. The maximum atomic E-state index is 13.5. The lowest BCUT2D eigenvalue weighted by Crippen LogP contribution is -2.38. The van der Waals surface area contributed by atoms with Crippen LogP contribution < -0.4 is 14.9 Å². The van der Waals surface area contributed by atoms with E-state index in [0.717, 1.165) is 16.4 Å². The lowest BCUT2D eigenvalue weighted by Gasteiger charge is -2.24. The van der Waals surface area contributed by atoms with Crippen molar-refractivity contribution in [3.05, 3.63) is 107 Å². The summed E-state index contributed by atoms with van der Waals surface area (Å²) in [6.07, 6.45) is 1.50. The van der Waals surface area contributed by atoms with E-state index in [9.17, 15) is 28.1 Å². The summed E-state index contributed by atoms with van der Waals surface area (Å²) in [6, 6.07) is 18.9. The summed E-state index contributed by atoms with van der Waals surface area (Å²) in [4.78, 5) is 35.5. The summed E-state index contributed by atoms with van der Waals surface area (Å²) < 4.78 is 27.8. The first-order chi connectivity index (χ1) is 16.8. The number of hydrogen-bond acceptors (Lipinski definition) is 6. The minimum Gasteiger partial charge on any atom is -0.349 e. The molecule has 3 aromatic carbocycles. The number of sulfonamides is 1. The van der Waals surface area contributed by atoms with Crippen LogP contribution in [-0.2, 0) is 14.8 Å². The van der Waals surface area contributed by atoms with Crippen LogP contribution in [0.2, 0.25) is 0 Å². The Morgan fingerprint density at radius 1 is 0.971 bits per heavy atom. The van der Waals surface area contributed by atoms with Gasteiger partial charge in [-0.2, -0.15) is 0 Å². The molecule has 180 valence electrons. The van der Waals surface area contributed by atoms with Gasteiger partial charge in [-0.25, -0.2) is 8.42 Å². The van der Waals surface area contributed by atoms with Crippen molar-refractivity contribution in [1.82, 2.24) is 5.32 Å². The van der Waals surface area contributed by atoms with Gasteiger partial charge >= 0.3 is 0 Å².